The first-order valence-corrected chi connectivity index (χ1v) is 9.21. The molecule has 2 heterocycles. The van der Waals surface area contributed by atoms with Gasteiger partial charge in [0.2, 0.25) is 17.6 Å². The first-order valence-electron chi connectivity index (χ1n) is 9.21. The molecule has 2 aromatic heterocycles. The molecule has 0 bridgehead atoms. The van der Waals surface area contributed by atoms with Crippen LogP contribution in [0.3, 0.4) is 0 Å². The van der Waals surface area contributed by atoms with E-state index >= 15 is 0 Å². The number of aryl methyl sites for hydroxylation is 2. The molecule has 1 aliphatic carbocycles. The van der Waals surface area contributed by atoms with Gasteiger partial charge in [-0.3, -0.25) is 9.78 Å². The zero-order chi connectivity index (χ0) is 19.0. The molecule has 0 radical (unpaired) electrons. The van der Waals surface area contributed by atoms with E-state index < -0.39 is 0 Å². The number of carbonyl (C=O) groups is 1. The quantitative estimate of drug-likeness (QED) is 0.751. The van der Waals surface area contributed by atoms with Crippen LogP contribution in [0.25, 0.3) is 11.4 Å². The summed E-state index contributed by atoms with van der Waals surface area (Å²) in [6, 6.07) is 9.75. The van der Waals surface area contributed by atoms with Crippen molar-refractivity contribution >= 4 is 11.6 Å². The van der Waals surface area contributed by atoms with E-state index in [1.54, 1.807) is 6.20 Å². The van der Waals surface area contributed by atoms with Gasteiger partial charge in [-0.05, 0) is 49.1 Å². The number of hydrogen-bond acceptors (Lipinski definition) is 5. The van der Waals surface area contributed by atoms with Gasteiger partial charge in [-0.25, -0.2) is 0 Å². The fourth-order valence-corrected chi connectivity index (χ4v) is 3.47. The van der Waals surface area contributed by atoms with E-state index in [1.165, 1.54) is 5.56 Å². The lowest BCUT2D eigenvalue weighted by Gasteiger charge is -2.13. The Kier molecular flexibility index (Phi) is 4.48. The Bertz CT molecular complexity index is 993. The standard InChI is InChI=1S/C21H22N4O2/c1-12(2)21-24-19(25-27-21)15-5-6-17-14(11-15)4-7-18(17)20(26)23-16-8-9-22-13(3)10-16/h5-6,8-12,18H,4,7H2,1-3H3,(H,22,23,26). The second kappa shape index (κ2) is 6.95. The largest absolute Gasteiger partial charge is 0.339 e. The van der Waals surface area contributed by atoms with Crippen molar-refractivity contribution in [1.29, 1.82) is 0 Å². The van der Waals surface area contributed by atoms with Crippen molar-refractivity contribution in [1.82, 2.24) is 15.1 Å². The van der Waals surface area contributed by atoms with Crippen LogP contribution in [-0.2, 0) is 11.2 Å². The van der Waals surface area contributed by atoms with Crippen LogP contribution in [0.4, 0.5) is 5.69 Å². The van der Waals surface area contributed by atoms with Crippen LogP contribution >= 0.6 is 0 Å². The van der Waals surface area contributed by atoms with Gasteiger partial charge in [0.15, 0.2) is 0 Å². The Hall–Kier alpha value is -3.02. The minimum Gasteiger partial charge on any atom is -0.339 e. The van der Waals surface area contributed by atoms with Gasteiger partial charge in [0.25, 0.3) is 0 Å². The van der Waals surface area contributed by atoms with E-state index in [4.69, 9.17) is 4.52 Å². The van der Waals surface area contributed by atoms with Crippen LogP contribution < -0.4 is 5.32 Å². The molecule has 1 aromatic carbocycles. The first-order chi connectivity index (χ1) is 13.0. The molecule has 1 aliphatic rings. The minimum atomic E-state index is -0.140. The number of anilines is 1. The first kappa shape index (κ1) is 17.4. The van der Waals surface area contributed by atoms with E-state index in [2.05, 4.69) is 26.5 Å². The molecule has 27 heavy (non-hydrogen) atoms. The summed E-state index contributed by atoms with van der Waals surface area (Å²) >= 11 is 0. The second-order valence-corrected chi connectivity index (χ2v) is 7.29. The van der Waals surface area contributed by atoms with Gasteiger partial charge in [-0.1, -0.05) is 31.1 Å². The van der Waals surface area contributed by atoms with E-state index in [9.17, 15) is 4.79 Å². The number of amides is 1. The van der Waals surface area contributed by atoms with Crippen molar-refractivity contribution in [2.45, 2.75) is 45.4 Å². The van der Waals surface area contributed by atoms with E-state index in [-0.39, 0.29) is 17.7 Å². The predicted molar refractivity (Wildman–Crippen MR) is 102 cm³/mol. The van der Waals surface area contributed by atoms with Crippen molar-refractivity contribution in [3.63, 3.8) is 0 Å². The lowest BCUT2D eigenvalue weighted by atomic mass is 9.98. The fourth-order valence-electron chi connectivity index (χ4n) is 3.47. The lowest BCUT2D eigenvalue weighted by Crippen LogP contribution is -2.19. The Morgan fingerprint density at radius 3 is 2.85 bits per heavy atom. The molecule has 0 aliphatic heterocycles. The summed E-state index contributed by atoms with van der Waals surface area (Å²) in [4.78, 5) is 21.4. The summed E-state index contributed by atoms with van der Waals surface area (Å²) in [7, 11) is 0. The van der Waals surface area contributed by atoms with E-state index in [1.807, 2.05) is 45.0 Å². The number of nitrogens with one attached hydrogen (secondary N) is 1. The topological polar surface area (TPSA) is 80.9 Å². The lowest BCUT2D eigenvalue weighted by molar-refractivity contribution is -0.117. The third-order valence-corrected chi connectivity index (χ3v) is 4.90. The molecule has 1 amide bonds. The summed E-state index contributed by atoms with van der Waals surface area (Å²) in [6.45, 7) is 5.95. The fraction of sp³-hybridized carbons (Fsp3) is 0.333. The summed E-state index contributed by atoms with van der Waals surface area (Å²) in [5, 5.41) is 7.09. The molecule has 0 spiro atoms. The van der Waals surface area contributed by atoms with Gasteiger partial charge in [-0.15, -0.1) is 0 Å². The SMILES string of the molecule is Cc1cc(NC(=O)C2CCc3cc(-c4noc(C(C)C)n4)ccc32)ccn1. The van der Waals surface area contributed by atoms with Gasteiger partial charge in [-0.2, -0.15) is 4.98 Å². The third-order valence-electron chi connectivity index (χ3n) is 4.90. The number of fused-ring (bicyclic) bond motifs is 1. The number of rotatable bonds is 4. The molecular formula is C21H22N4O2. The molecule has 0 fully saturated rings. The van der Waals surface area contributed by atoms with Gasteiger partial charge in [0.05, 0.1) is 5.92 Å². The van der Waals surface area contributed by atoms with Gasteiger partial charge in [0.1, 0.15) is 0 Å². The maximum Gasteiger partial charge on any atom is 0.231 e. The van der Waals surface area contributed by atoms with Crippen LogP contribution in [0.1, 0.15) is 54.8 Å². The Morgan fingerprint density at radius 2 is 2.11 bits per heavy atom. The molecule has 1 N–H and O–H groups in total. The Balaban J connectivity index is 1.54. The zero-order valence-electron chi connectivity index (χ0n) is 15.7. The number of nitrogens with zero attached hydrogens (tertiary/aromatic N) is 3. The Morgan fingerprint density at radius 1 is 1.26 bits per heavy atom. The Labute approximate surface area is 158 Å². The van der Waals surface area contributed by atoms with Crippen molar-refractivity contribution in [2.75, 3.05) is 5.32 Å². The van der Waals surface area contributed by atoms with E-state index in [0.29, 0.717) is 11.7 Å². The van der Waals surface area contributed by atoms with Crippen LogP contribution in [0.15, 0.2) is 41.1 Å². The van der Waals surface area contributed by atoms with Crippen molar-refractivity contribution in [3.05, 3.63) is 59.2 Å². The molecule has 3 aromatic rings. The monoisotopic (exact) mass is 362 g/mol. The minimum absolute atomic E-state index is 0.0220. The highest BCUT2D eigenvalue weighted by atomic mass is 16.5. The normalized spacial score (nSPS) is 15.8. The molecule has 6 nitrogen and oxygen atoms in total. The van der Waals surface area contributed by atoms with Crippen LogP contribution in [-0.4, -0.2) is 21.0 Å². The van der Waals surface area contributed by atoms with Gasteiger partial charge >= 0.3 is 0 Å². The van der Waals surface area contributed by atoms with Gasteiger partial charge in [0, 0.05) is 29.1 Å². The van der Waals surface area contributed by atoms with Crippen molar-refractivity contribution in [3.8, 4) is 11.4 Å². The number of pyridine rings is 1. The second-order valence-electron chi connectivity index (χ2n) is 7.29. The summed E-state index contributed by atoms with van der Waals surface area (Å²) in [5.74, 6) is 1.32. The summed E-state index contributed by atoms with van der Waals surface area (Å²) in [6.07, 6.45) is 3.37. The molecule has 1 unspecified atom stereocenters. The molecule has 4 rings (SSSR count). The molecule has 0 saturated heterocycles. The molecule has 6 heteroatoms. The molecular weight excluding hydrogens is 340 g/mol. The zero-order valence-corrected chi connectivity index (χ0v) is 15.7. The smallest absolute Gasteiger partial charge is 0.231 e. The average molecular weight is 362 g/mol. The van der Waals surface area contributed by atoms with Crippen LogP contribution in [0.5, 0.6) is 0 Å². The number of carbonyl (C=O) groups excluding carboxylic acids is 1. The van der Waals surface area contributed by atoms with Crippen molar-refractivity contribution < 1.29 is 9.32 Å². The molecule has 138 valence electrons. The third kappa shape index (κ3) is 3.47. The molecule has 0 saturated carbocycles. The molecule has 1 atom stereocenters. The van der Waals surface area contributed by atoms with E-state index in [0.717, 1.165) is 35.3 Å². The number of hydrogen-bond donors (Lipinski definition) is 1. The maximum atomic E-state index is 12.8. The predicted octanol–water partition coefficient (Wildman–Crippen LogP) is 4.23. The number of aromatic nitrogens is 3. The summed E-state index contributed by atoms with van der Waals surface area (Å²) in [5.41, 5.74) is 4.84. The van der Waals surface area contributed by atoms with Gasteiger partial charge < -0.3 is 9.84 Å². The van der Waals surface area contributed by atoms with Crippen LogP contribution in [0, 0.1) is 6.92 Å². The highest BCUT2D eigenvalue weighted by molar-refractivity contribution is 5.96. The number of benzene rings is 1. The highest BCUT2D eigenvalue weighted by Gasteiger charge is 2.29. The van der Waals surface area contributed by atoms with Crippen LogP contribution in [0.2, 0.25) is 0 Å². The summed E-state index contributed by atoms with van der Waals surface area (Å²) < 4.78 is 5.30. The highest BCUT2D eigenvalue weighted by Crippen LogP contribution is 2.36. The van der Waals surface area contributed by atoms with Crippen molar-refractivity contribution in [2.24, 2.45) is 0 Å². The average Bonchev–Trinajstić information content (AvgIpc) is 3.28. The maximum absolute atomic E-state index is 12.8.